The van der Waals surface area contributed by atoms with E-state index in [2.05, 4.69) is 46.7 Å². The molecule has 0 aliphatic heterocycles. The number of hydrogen-bond acceptors (Lipinski definition) is 2. The van der Waals surface area contributed by atoms with Gasteiger partial charge >= 0.3 is 0 Å². The minimum Gasteiger partial charge on any atom is -0.354 e. The van der Waals surface area contributed by atoms with E-state index in [9.17, 15) is 0 Å². The van der Waals surface area contributed by atoms with Crippen molar-refractivity contribution < 1.29 is 0 Å². The van der Waals surface area contributed by atoms with Gasteiger partial charge in [-0.15, -0.1) is 24.0 Å². The SMILES string of the molecule is CCC(C)NC(=NC)NCc1cccc(-n2cccn2)c1.I. The summed E-state index contributed by atoms with van der Waals surface area (Å²) >= 11 is 0. The summed E-state index contributed by atoms with van der Waals surface area (Å²) in [5.41, 5.74) is 2.25. The summed E-state index contributed by atoms with van der Waals surface area (Å²) in [6.07, 6.45) is 4.79. The Balaban J connectivity index is 0.00000242. The summed E-state index contributed by atoms with van der Waals surface area (Å²) in [5, 5.41) is 10.9. The fourth-order valence-corrected chi connectivity index (χ4v) is 1.95. The lowest BCUT2D eigenvalue weighted by Gasteiger charge is -2.16. The van der Waals surface area contributed by atoms with Gasteiger partial charge in [0, 0.05) is 32.0 Å². The molecule has 0 bridgehead atoms. The third kappa shape index (κ3) is 5.32. The fraction of sp³-hybridized carbons (Fsp3) is 0.375. The Morgan fingerprint density at radius 3 is 2.82 bits per heavy atom. The van der Waals surface area contributed by atoms with Crippen LogP contribution in [-0.2, 0) is 6.54 Å². The topological polar surface area (TPSA) is 54.2 Å². The zero-order chi connectivity index (χ0) is 15.1. The highest BCUT2D eigenvalue weighted by atomic mass is 127. The van der Waals surface area contributed by atoms with Crippen LogP contribution >= 0.6 is 24.0 Å². The zero-order valence-corrected chi connectivity index (χ0v) is 15.6. The lowest BCUT2D eigenvalue weighted by molar-refractivity contribution is 0.624. The van der Waals surface area contributed by atoms with Crippen molar-refractivity contribution in [3.8, 4) is 5.69 Å². The molecule has 1 aromatic carbocycles. The molecule has 1 atom stereocenters. The van der Waals surface area contributed by atoms with Gasteiger partial charge in [0.2, 0.25) is 0 Å². The summed E-state index contributed by atoms with van der Waals surface area (Å²) < 4.78 is 1.86. The summed E-state index contributed by atoms with van der Waals surface area (Å²) in [5.74, 6) is 0.828. The normalized spacial score (nSPS) is 12.4. The molecule has 2 rings (SSSR count). The minimum absolute atomic E-state index is 0. The van der Waals surface area contributed by atoms with Crippen LogP contribution in [0.2, 0.25) is 0 Å². The molecule has 6 heteroatoms. The molecule has 2 N–H and O–H groups in total. The monoisotopic (exact) mass is 413 g/mol. The van der Waals surface area contributed by atoms with Crippen molar-refractivity contribution in [3.05, 3.63) is 48.3 Å². The number of hydrogen-bond donors (Lipinski definition) is 2. The van der Waals surface area contributed by atoms with Crippen molar-refractivity contribution in [2.45, 2.75) is 32.9 Å². The number of benzene rings is 1. The van der Waals surface area contributed by atoms with E-state index in [4.69, 9.17) is 0 Å². The van der Waals surface area contributed by atoms with E-state index in [0.717, 1.165) is 24.6 Å². The molecule has 2 aromatic rings. The average molecular weight is 413 g/mol. The first kappa shape index (κ1) is 18.5. The van der Waals surface area contributed by atoms with E-state index in [1.807, 2.05) is 29.1 Å². The van der Waals surface area contributed by atoms with Crippen LogP contribution in [0.4, 0.5) is 0 Å². The Kier molecular flexibility index (Phi) is 7.94. The highest BCUT2D eigenvalue weighted by molar-refractivity contribution is 14.0. The smallest absolute Gasteiger partial charge is 0.191 e. The van der Waals surface area contributed by atoms with Crippen molar-refractivity contribution in [1.82, 2.24) is 20.4 Å². The van der Waals surface area contributed by atoms with Crippen LogP contribution in [-0.4, -0.2) is 28.8 Å². The Bertz CT molecular complexity index is 580. The Morgan fingerprint density at radius 2 is 2.18 bits per heavy atom. The second-order valence-corrected chi connectivity index (χ2v) is 5.00. The maximum atomic E-state index is 4.25. The first-order valence-corrected chi connectivity index (χ1v) is 7.29. The summed E-state index contributed by atoms with van der Waals surface area (Å²) in [4.78, 5) is 4.24. The van der Waals surface area contributed by atoms with Crippen LogP contribution in [0.15, 0.2) is 47.7 Å². The number of nitrogens with one attached hydrogen (secondary N) is 2. The highest BCUT2D eigenvalue weighted by Crippen LogP contribution is 2.09. The lowest BCUT2D eigenvalue weighted by atomic mass is 10.2. The summed E-state index contributed by atoms with van der Waals surface area (Å²) in [7, 11) is 1.79. The first-order chi connectivity index (χ1) is 10.2. The lowest BCUT2D eigenvalue weighted by Crippen LogP contribution is -2.41. The van der Waals surface area contributed by atoms with Gasteiger partial charge in [0.15, 0.2) is 5.96 Å². The van der Waals surface area contributed by atoms with E-state index in [1.54, 1.807) is 13.2 Å². The van der Waals surface area contributed by atoms with Crippen LogP contribution in [0.3, 0.4) is 0 Å². The van der Waals surface area contributed by atoms with Crippen LogP contribution in [0.25, 0.3) is 5.69 Å². The summed E-state index contributed by atoms with van der Waals surface area (Å²) in [6.45, 7) is 5.02. The molecule has 0 aliphatic carbocycles. The van der Waals surface area contributed by atoms with Crippen molar-refractivity contribution in [1.29, 1.82) is 0 Å². The number of aliphatic imine (C=N–C) groups is 1. The molecule has 22 heavy (non-hydrogen) atoms. The van der Waals surface area contributed by atoms with Gasteiger partial charge in [-0.1, -0.05) is 19.1 Å². The van der Waals surface area contributed by atoms with Crippen LogP contribution in [0, 0.1) is 0 Å². The van der Waals surface area contributed by atoms with Crippen molar-refractivity contribution >= 4 is 29.9 Å². The summed E-state index contributed by atoms with van der Waals surface area (Å²) in [6, 6.07) is 10.6. The molecule has 0 spiro atoms. The molecule has 0 saturated heterocycles. The molecular weight excluding hydrogens is 389 g/mol. The van der Waals surface area contributed by atoms with Gasteiger partial charge in [-0.25, -0.2) is 4.68 Å². The Labute approximate surface area is 149 Å². The molecule has 0 fully saturated rings. The Hall–Kier alpha value is -1.57. The van der Waals surface area contributed by atoms with Crippen molar-refractivity contribution in [2.24, 2.45) is 4.99 Å². The number of nitrogens with zero attached hydrogens (tertiary/aromatic N) is 3. The van der Waals surface area contributed by atoms with Crippen molar-refractivity contribution in [3.63, 3.8) is 0 Å². The van der Waals surface area contributed by atoms with E-state index >= 15 is 0 Å². The molecule has 1 heterocycles. The zero-order valence-electron chi connectivity index (χ0n) is 13.3. The standard InChI is InChI=1S/C16H23N5.HI/c1-4-13(2)20-16(17-3)18-12-14-7-5-8-15(11-14)21-10-6-9-19-21;/h5-11,13H,4,12H2,1-3H3,(H2,17,18,20);1H. The van der Waals surface area contributed by atoms with Gasteiger partial charge in [-0.05, 0) is 37.1 Å². The van der Waals surface area contributed by atoms with Crippen molar-refractivity contribution in [2.75, 3.05) is 7.05 Å². The molecule has 0 saturated carbocycles. The van der Waals surface area contributed by atoms with Gasteiger partial charge in [-0.2, -0.15) is 5.10 Å². The van der Waals surface area contributed by atoms with Gasteiger partial charge in [0.1, 0.15) is 0 Å². The molecular formula is C16H24IN5. The molecule has 1 unspecified atom stereocenters. The highest BCUT2D eigenvalue weighted by Gasteiger charge is 2.03. The molecule has 0 amide bonds. The number of aromatic nitrogens is 2. The third-order valence-corrected chi connectivity index (χ3v) is 3.36. The first-order valence-electron chi connectivity index (χ1n) is 7.29. The van der Waals surface area contributed by atoms with Gasteiger partial charge < -0.3 is 10.6 Å². The maximum Gasteiger partial charge on any atom is 0.191 e. The van der Waals surface area contributed by atoms with E-state index < -0.39 is 0 Å². The van der Waals surface area contributed by atoms with Gasteiger partial charge in [0.25, 0.3) is 0 Å². The minimum atomic E-state index is 0. The van der Waals surface area contributed by atoms with Gasteiger partial charge in [-0.3, -0.25) is 4.99 Å². The second kappa shape index (κ2) is 9.45. The van der Waals surface area contributed by atoms with Crippen LogP contribution < -0.4 is 10.6 Å². The average Bonchev–Trinajstić information content (AvgIpc) is 3.05. The molecule has 1 aromatic heterocycles. The second-order valence-electron chi connectivity index (χ2n) is 5.00. The number of guanidine groups is 1. The van der Waals surface area contributed by atoms with Crippen LogP contribution in [0.5, 0.6) is 0 Å². The predicted octanol–water partition coefficient (Wildman–Crippen LogP) is 2.95. The van der Waals surface area contributed by atoms with E-state index in [-0.39, 0.29) is 24.0 Å². The number of halogens is 1. The molecule has 0 aliphatic rings. The van der Waals surface area contributed by atoms with E-state index in [0.29, 0.717) is 6.04 Å². The molecule has 0 radical (unpaired) electrons. The molecule has 120 valence electrons. The largest absolute Gasteiger partial charge is 0.354 e. The molecule has 5 nitrogen and oxygen atoms in total. The maximum absolute atomic E-state index is 4.25. The van der Waals surface area contributed by atoms with Gasteiger partial charge in [0.05, 0.1) is 5.69 Å². The number of rotatable bonds is 5. The van der Waals surface area contributed by atoms with Crippen LogP contribution in [0.1, 0.15) is 25.8 Å². The Morgan fingerprint density at radius 1 is 1.36 bits per heavy atom. The quantitative estimate of drug-likeness (QED) is 0.450. The third-order valence-electron chi connectivity index (χ3n) is 3.36. The predicted molar refractivity (Wildman–Crippen MR) is 102 cm³/mol. The van der Waals surface area contributed by atoms with E-state index in [1.165, 1.54) is 5.56 Å². The fourth-order valence-electron chi connectivity index (χ4n) is 1.95.